The molecule has 3 aliphatic carbocycles. The number of hydrogen-bond acceptors (Lipinski definition) is 9. The van der Waals surface area contributed by atoms with E-state index >= 15 is 4.39 Å². The van der Waals surface area contributed by atoms with Gasteiger partial charge in [-0.2, -0.15) is 0 Å². The van der Waals surface area contributed by atoms with Crippen molar-refractivity contribution in [2.45, 2.75) is 44.6 Å². The zero-order chi connectivity index (χ0) is 32.3. The van der Waals surface area contributed by atoms with Crippen LogP contribution in [0.5, 0.6) is 11.6 Å². The number of carbonyl (C=O) groups excluding carboxylic acids is 2. The van der Waals surface area contributed by atoms with Crippen molar-refractivity contribution in [3.63, 3.8) is 0 Å². The predicted octanol–water partition coefficient (Wildman–Crippen LogP) is 5.54. The van der Waals surface area contributed by atoms with Crippen molar-refractivity contribution in [2.24, 2.45) is 11.8 Å². The highest BCUT2D eigenvalue weighted by atomic mass is 19.1. The Bertz CT molecular complexity index is 1890. The first-order chi connectivity index (χ1) is 22.1. The molecule has 0 aliphatic heterocycles. The highest BCUT2D eigenvalue weighted by Crippen LogP contribution is 2.56. The lowest BCUT2D eigenvalue weighted by molar-refractivity contribution is -0.142. The first kappa shape index (κ1) is 29.9. The van der Waals surface area contributed by atoms with Crippen molar-refractivity contribution in [3.05, 3.63) is 117 Å². The summed E-state index contributed by atoms with van der Waals surface area (Å²) >= 11 is 0. The largest absolute Gasteiger partial charge is 0.507 e. The average molecular weight is 625 g/mol. The molecule has 4 atom stereocenters. The Hall–Kier alpha value is -4.80. The lowest BCUT2D eigenvalue weighted by Crippen LogP contribution is -2.63. The number of carbonyl (C=O) groups is 2. The van der Waals surface area contributed by atoms with Crippen molar-refractivity contribution < 1.29 is 38.2 Å². The number of aromatic nitrogens is 1. The first-order valence-corrected chi connectivity index (χ1v) is 15.2. The summed E-state index contributed by atoms with van der Waals surface area (Å²) in [5, 5.41) is 28.1. The van der Waals surface area contributed by atoms with E-state index in [4.69, 9.17) is 14.0 Å². The van der Waals surface area contributed by atoms with Crippen molar-refractivity contribution in [1.29, 1.82) is 0 Å². The molecule has 9 nitrogen and oxygen atoms in total. The van der Waals surface area contributed by atoms with Crippen LogP contribution in [0.1, 0.15) is 56.4 Å². The van der Waals surface area contributed by atoms with Gasteiger partial charge in [0.2, 0.25) is 11.6 Å². The molecule has 3 aliphatic rings. The maximum Gasteiger partial charge on any atom is 0.265 e. The number of rotatable bonds is 7. The summed E-state index contributed by atoms with van der Waals surface area (Å²) in [4.78, 5) is 30.5. The topological polar surface area (TPSA) is 122 Å². The standard InChI is InChI=1S/C36H33FN2O7/c1-19-14-25(37)23-15-22-16-24-29(39(2)3)32-28(35(38-46-32)45-18-21-12-8-5-9-13-21)34(42)36(24,43)33(41)26(22)30(40)27(23)31(19)44-17-20-10-6-4-7-11-20/h4-14,22,24,29,40,43H,15-18H2,1-3H3/t22-,24-,29-,36-/m0/s1. The zero-order valence-electron chi connectivity index (χ0n) is 25.6. The van der Waals surface area contributed by atoms with Gasteiger partial charge in [0.05, 0.1) is 11.6 Å². The van der Waals surface area contributed by atoms with Gasteiger partial charge in [0.25, 0.3) is 5.88 Å². The molecule has 0 radical (unpaired) electrons. The molecule has 10 heteroatoms. The molecule has 0 unspecified atom stereocenters. The van der Waals surface area contributed by atoms with Gasteiger partial charge < -0.3 is 24.2 Å². The van der Waals surface area contributed by atoms with Gasteiger partial charge in [0, 0.05) is 17.1 Å². The van der Waals surface area contributed by atoms with Crippen LogP contribution in [0.3, 0.4) is 0 Å². The number of ketones is 2. The summed E-state index contributed by atoms with van der Waals surface area (Å²) < 4.78 is 33.2. The summed E-state index contributed by atoms with van der Waals surface area (Å²) in [5.41, 5.74) is -0.355. The van der Waals surface area contributed by atoms with Crippen LogP contribution in [-0.4, -0.2) is 51.5 Å². The zero-order valence-corrected chi connectivity index (χ0v) is 25.6. The van der Waals surface area contributed by atoms with Crippen LogP contribution in [0, 0.1) is 24.6 Å². The Morgan fingerprint density at radius 2 is 1.61 bits per heavy atom. The van der Waals surface area contributed by atoms with Crippen LogP contribution in [-0.2, 0) is 24.4 Å². The number of Topliss-reactive ketones (excluding diaryl/α,β-unsaturated/α-hetero) is 2. The molecule has 0 spiro atoms. The third-order valence-electron chi connectivity index (χ3n) is 9.45. The number of hydrogen-bond donors (Lipinski definition) is 2. The monoisotopic (exact) mass is 624 g/mol. The Morgan fingerprint density at radius 1 is 0.978 bits per heavy atom. The van der Waals surface area contributed by atoms with Gasteiger partial charge in [0.15, 0.2) is 11.4 Å². The van der Waals surface area contributed by atoms with Crippen LogP contribution < -0.4 is 9.47 Å². The molecular weight excluding hydrogens is 591 g/mol. The van der Waals surface area contributed by atoms with E-state index in [0.717, 1.165) is 11.1 Å². The highest BCUT2D eigenvalue weighted by molar-refractivity contribution is 6.26. The summed E-state index contributed by atoms with van der Waals surface area (Å²) in [5.74, 6) is -4.17. The second-order valence-electron chi connectivity index (χ2n) is 12.5. The molecule has 0 amide bonds. The molecule has 1 heterocycles. The number of aliphatic hydroxyl groups is 2. The summed E-state index contributed by atoms with van der Waals surface area (Å²) in [6.07, 6.45) is 0.174. The number of ether oxygens (including phenoxy) is 2. The van der Waals surface area contributed by atoms with Crippen molar-refractivity contribution in [2.75, 3.05) is 14.1 Å². The number of fused-ring (bicyclic) bond motifs is 4. The predicted molar refractivity (Wildman–Crippen MR) is 165 cm³/mol. The maximum atomic E-state index is 15.6. The Labute approximate surface area is 264 Å². The van der Waals surface area contributed by atoms with E-state index in [1.807, 2.05) is 60.7 Å². The van der Waals surface area contributed by atoms with Crippen molar-refractivity contribution in [1.82, 2.24) is 10.1 Å². The van der Waals surface area contributed by atoms with E-state index in [1.54, 1.807) is 25.9 Å². The smallest absolute Gasteiger partial charge is 0.265 e. The van der Waals surface area contributed by atoms with E-state index in [-0.39, 0.29) is 65.7 Å². The van der Waals surface area contributed by atoms with Crippen molar-refractivity contribution in [3.8, 4) is 11.6 Å². The molecule has 1 saturated carbocycles. The number of benzene rings is 3. The fourth-order valence-electron chi connectivity index (χ4n) is 7.30. The lowest BCUT2D eigenvalue weighted by atomic mass is 9.57. The van der Waals surface area contributed by atoms with Gasteiger partial charge in [-0.1, -0.05) is 60.7 Å². The Balaban J connectivity index is 1.31. The summed E-state index contributed by atoms with van der Waals surface area (Å²) in [6, 6.07) is 19.3. The minimum absolute atomic E-state index is 0.0695. The summed E-state index contributed by atoms with van der Waals surface area (Å²) in [6.45, 7) is 1.89. The van der Waals surface area contributed by atoms with Crippen molar-refractivity contribution >= 4 is 17.3 Å². The molecule has 7 rings (SSSR count). The van der Waals surface area contributed by atoms with Gasteiger partial charge in [-0.25, -0.2) is 4.39 Å². The molecule has 236 valence electrons. The normalized spacial score (nSPS) is 23.5. The minimum atomic E-state index is -2.55. The third-order valence-corrected chi connectivity index (χ3v) is 9.45. The Morgan fingerprint density at radius 3 is 2.24 bits per heavy atom. The number of nitrogens with zero attached hydrogens (tertiary/aromatic N) is 2. The molecule has 3 aromatic carbocycles. The molecule has 2 N–H and O–H groups in total. The highest BCUT2D eigenvalue weighted by Gasteiger charge is 2.65. The third kappa shape index (κ3) is 4.54. The molecule has 46 heavy (non-hydrogen) atoms. The first-order valence-electron chi connectivity index (χ1n) is 15.2. The molecule has 0 saturated heterocycles. The maximum absolute atomic E-state index is 15.6. The van der Waals surface area contributed by atoms with Gasteiger partial charge in [-0.15, -0.1) is 0 Å². The molecule has 4 aromatic rings. The van der Waals surface area contributed by atoms with Crippen LogP contribution in [0.25, 0.3) is 5.76 Å². The van der Waals surface area contributed by atoms with Crippen LogP contribution in [0.15, 0.2) is 76.8 Å². The van der Waals surface area contributed by atoms with Gasteiger partial charge in [-0.05, 0) is 67.7 Å². The Kier molecular flexibility index (Phi) is 7.29. The van der Waals surface area contributed by atoms with Crippen LogP contribution >= 0.6 is 0 Å². The second-order valence-corrected chi connectivity index (χ2v) is 12.5. The number of halogens is 1. The van der Waals surface area contributed by atoms with E-state index in [2.05, 4.69) is 5.16 Å². The second kappa shape index (κ2) is 11.2. The molecular formula is C36H33FN2O7. The number of aryl methyl sites for hydroxylation is 1. The van der Waals surface area contributed by atoms with Gasteiger partial charge in [-0.3, -0.25) is 14.5 Å². The van der Waals surface area contributed by atoms with E-state index in [1.165, 1.54) is 6.07 Å². The SMILES string of the molecule is Cc1cc(F)c2c(c1OCc1ccccc1)C(O)=C1C(=O)[C@]3(O)C(=O)c4c(OCc5ccccc5)noc4[C@@H](N(C)C)[C@@H]3C[C@@H]1C2. The van der Waals surface area contributed by atoms with E-state index in [0.29, 0.717) is 5.56 Å². The number of aliphatic hydroxyl groups excluding tert-OH is 1. The van der Waals surface area contributed by atoms with Gasteiger partial charge in [0.1, 0.15) is 36.1 Å². The average Bonchev–Trinajstić information content (AvgIpc) is 3.46. The fraction of sp³-hybridized carbons (Fsp3) is 0.306. The quantitative estimate of drug-likeness (QED) is 0.255. The van der Waals surface area contributed by atoms with E-state index < -0.39 is 46.6 Å². The van der Waals surface area contributed by atoms with Crippen LogP contribution in [0.4, 0.5) is 4.39 Å². The molecule has 1 fully saturated rings. The summed E-state index contributed by atoms with van der Waals surface area (Å²) in [7, 11) is 3.50. The lowest BCUT2D eigenvalue weighted by Gasteiger charge is -2.49. The molecule has 1 aromatic heterocycles. The molecule has 0 bridgehead atoms. The fourth-order valence-corrected chi connectivity index (χ4v) is 7.30. The van der Waals surface area contributed by atoms with Crippen LogP contribution in [0.2, 0.25) is 0 Å². The minimum Gasteiger partial charge on any atom is -0.507 e. The van der Waals surface area contributed by atoms with Gasteiger partial charge >= 0.3 is 0 Å². The van der Waals surface area contributed by atoms with E-state index in [9.17, 15) is 19.8 Å².